The Morgan fingerprint density at radius 3 is 2.56 bits per heavy atom. The number of methoxy groups -OCH3 is 1. The topological polar surface area (TPSA) is 78.4 Å². The van der Waals surface area contributed by atoms with Gasteiger partial charge in [-0.2, -0.15) is 13.2 Å². The van der Waals surface area contributed by atoms with Crippen molar-refractivity contribution < 1.29 is 22.8 Å². The Morgan fingerprint density at radius 2 is 2.11 bits per heavy atom. The van der Waals surface area contributed by atoms with Crippen LogP contribution in [0.4, 0.5) is 18.9 Å². The fourth-order valence-corrected chi connectivity index (χ4v) is 1.45. The first kappa shape index (κ1) is 14.2. The first-order valence-corrected chi connectivity index (χ1v) is 4.89. The molecule has 0 aliphatic rings. The fraction of sp³-hybridized carbons (Fsp3) is 0.400. The highest BCUT2D eigenvalue weighted by Gasteiger charge is 2.31. The van der Waals surface area contributed by atoms with E-state index >= 15 is 0 Å². The number of halogens is 3. The van der Waals surface area contributed by atoms with Crippen molar-refractivity contribution in [3.05, 3.63) is 33.9 Å². The number of ether oxygens (including phenoxy) is 1. The van der Waals surface area contributed by atoms with E-state index in [0.29, 0.717) is 0 Å². The van der Waals surface area contributed by atoms with Crippen molar-refractivity contribution in [1.29, 1.82) is 0 Å². The molecule has 0 amide bonds. The second-order valence-electron chi connectivity index (χ2n) is 3.61. The van der Waals surface area contributed by atoms with E-state index in [9.17, 15) is 23.3 Å². The lowest BCUT2D eigenvalue weighted by Crippen LogP contribution is -2.20. The summed E-state index contributed by atoms with van der Waals surface area (Å²) in [7, 11) is 1.23. The zero-order valence-electron chi connectivity index (χ0n) is 9.40. The van der Waals surface area contributed by atoms with Gasteiger partial charge in [0.25, 0.3) is 0 Å². The molecule has 1 rings (SSSR count). The van der Waals surface area contributed by atoms with Crippen molar-refractivity contribution in [3.63, 3.8) is 0 Å². The predicted molar refractivity (Wildman–Crippen MR) is 57.2 cm³/mol. The Kier molecular flexibility index (Phi) is 4.12. The van der Waals surface area contributed by atoms with Crippen molar-refractivity contribution in [1.82, 2.24) is 0 Å². The molecule has 100 valence electrons. The van der Waals surface area contributed by atoms with Crippen molar-refractivity contribution in [2.24, 2.45) is 5.73 Å². The fourth-order valence-electron chi connectivity index (χ4n) is 1.45. The molecule has 1 aromatic rings. The van der Waals surface area contributed by atoms with E-state index in [4.69, 9.17) is 10.5 Å². The lowest BCUT2D eigenvalue weighted by molar-refractivity contribution is -0.385. The van der Waals surface area contributed by atoms with Crippen LogP contribution in [0.2, 0.25) is 0 Å². The molecule has 0 fully saturated rings. The normalized spacial score (nSPS) is 13.2. The van der Waals surface area contributed by atoms with Crippen LogP contribution in [0.25, 0.3) is 0 Å². The molecular formula is C10H11F3N2O3. The minimum Gasteiger partial charge on any atom is -0.490 e. The van der Waals surface area contributed by atoms with Crippen LogP contribution in [0.1, 0.15) is 18.0 Å². The summed E-state index contributed by atoms with van der Waals surface area (Å²) >= 11 is 0. The van der Waals surface area contributed by atoms with Gasteiger partial charge in [-0.15, -0.1) is 0 Å². The van der Waals surface area contributed by atoms with Gasteiger partial charge in [-0.3, -0.25) is 10.1 Å². The lowest BCUT2D eigenvalue weighted by Gasteiger charge is -2.14. The maximum atomic E-state index is 12.2. The number of nitrogens with zero attached hydrogens (tertiary/aromatic N) is 1. The monoisotopic (exact) mass is 264 g/mol. The van der Waals surface area contributed by atoms with Crippen LogP contribution in [-0.2, 0) is 0 Å². The molecule has 1 atom stereocenters. The highest BCUT2D eigenvalue weighted by atomic mass is 19.4. The third kappa shape index (κ3) is 3.59. The molecule has 5 nitrogen and oxygen atoms in total. The van der Waals surface area contributed by atoms with Crippen LogP contribution >= 0.6 is 0 Å². The summed E-state index contributed by atoms with van der Waals surface area (Å²) in [6.45, 7) is 0. The summed E-state index contributed by atoms with van der Waals surface area (Å²) in [5.41, 5.74) is 4.99. The standard InChI is InChI=1S/C10H11F3N2O3/c1-18-9-3-2-6(4-8(9)15(16)17)7(14)5-10(11,12)13/h2-4,7H,5,14H2,1H3/t7-/m1/s1. The molecule has 8 heteroatoms. The molecule has 0 unspecified atom stereocenters. The predicted octanol–water partition coefficient (Wildman–Crippen LogP) is 2.56. The first-order valence-electron chi connectivity index (χ1n) is 4.89. The van der Waals surface area contributed by atoms with E-state index in [1.54, 1.807) is 0 Å². The van der Waals surface area contributed by atoms with E-state index < -0.39 is 29.2 Å². The van der Waals surface area contributed by atoms with Crippen LogP contribution in [0, 0.1) is 10.1 Å². The van der Waals surface area contributed by atoms with Crippen molar-refractivity contribution in [2.75, 3.05) is 7.11 Å². The molecule has 0 radical (unpaired) electrons. The van der Waals surface area contributed by atoms with Crippen LogP contribution in [0.15, 0.2) is 18.2 Å². The molecule has 0 aliphatic heterocycles. The summed E-state index contributed by atoms with van der Waals surface area (Å²) in [6.07, 6.45) is -5.66. The average Bonchev–Trinajstić information content (AvgIpc) is 2.25. The molecule has 2 N–H and O–H groups in total. The number of benzene rings is 1. The van der Waals surface area contributed by atoms with E-state index in [0.717, 1.165) is 6.07 Å². The molecule has 0 saturated heterocycles. The number of nitrogens with two attached hydrogens (primary N) is 1. The molecular weight excluding hydrogens is 253 g/mol. The van der Waals surface area contributed by atoms with Gasteiger partial charge in [0.15, 0.2) is 5.75 Å². The van der Waals surface area contributed by atoms with Crippen molar-refractivity contribution in [3.8, 4) is 5.75 Å². The van der Waals surface area contributed by atoms with Gasteiger partial charge in [0.2, 0.25) is 0 Å². The van der Waals surface area contributed by atoms with Gasteiger partial charge in [0, 0.05) is 12.1 Å². The molecule has 0 heterocycles. The summed E-state index contributed by atoms with van der Waals surface area (Å²) in [5, 5.41) is 10.7. The number of alkyl halides is 3. The first-order chi connectivity index (χ1) is 8.24. The zero-order chi connectivity index (χ0) is 13.9. The van der Waals surface area contributed by atoms with Crippen LogP contribution in [-0.4, -0.2) is 18.2 Å². The molecule has 0 spiro atoms. The smallest absolute Gasteiger partial charge is 0.390 e. The van der Waals surface area contributed by atoms with Crippen molar-refractivity contribution >= 4 is 5.69 Å². The van der Waals surface area contributed by atoms with Gasteiger partial charge in [0.05, 0.1) is 18.5 Å². The minimum atomic E-state index is -4.42. The Labute approximate surface area is 100 Å². The van der Waals surface area contributed by atoms with Crippen molar-refractivity contribution in [2.45, 2.75) is 18.6 Å². The number of nitro groups is 1. The summed E-state index contributed by atoms with van der Waals surface area (Å²) in [4.78, 5) is 9.97. The largest absolute Gasteiger partial charge is 0.490 e. The lowest BCUT2D eigenvalue weighted by atomic mass is 10.0. The number of hydrogen-bond acceptors (Lipinski definition) is 4. The van der Waals surface area contributed by atoms with E-state index in [2.05, 4.69) is 0 Å². The third-order valence-corrected chi connectivity index (χ3v) is 2.28. The van der Waals surface area contributed by atoms with E-state index in [1.807, 2.05) is 0 Å². The molecule has 18 heavy (non-hydrogen) atoms. The Balaban J connectivity index is 3.04. The van der Waals surface area contributed by atoms with Gasteiger partial charge in [-0.25, -0.2) is 0 Å². The maximum absolute atomic E-state index is 12.2. The Bertz CT molecular complexity index is 448. The second-order valence-corrected chi connectivity index (χ2v) is 3.61. The van der Waals surface area contributed by atoms with Gasteiger partial charge < -0.3 is 10.5 Å². The van der Waals surface area contributed by atoms with Gasteiger partial charge >= 0.3 is 11.9 Å². The zero-order valence-corrected chi connectivity index (χ0v) is 9.40. The quantitative estimate of drug-likeness (QED) is 0.669. The Morgan fingerprint density at radius 1 is 1.50 bits per heavy atom. The number of rotatable bonds is 4. The molecule has 0 bridgehead atoms. The summed E-state index contributed by atoms with van der Waals surface area (Å²) in [6, 6.07) is 2.16. The highest BCUT2D eigenvalue weighted by molar-refractivity contribution is 5.49. The number of nitro benzene ring substituents is 1. The van der Waals surface area contributed by atoms with Gasteiger partial charge in [-0.05, 0) is 11.6 Å². The molecule has 0 aliphatic carbocycles. The van der Waals surface area contributed by atoms with Crippen LogP contribution in [0.5, 0.6) is 5.75 Å². The maximum Gasteiger partial charge on any atom is 0.390 e. The summed E-state index contributed by atoms with van der Waals surface area (Å²) in [5.74, 6) is -0.0250. The second kappa shape index (κ2) is 5.21. The highest BCUT2D eigenvalue weighted by Crippen LogP contribution is 2.33. The SMILES string of the molecule is COc1ccc([C@H](N)CC(F)(F)F)cc1[N+](=O)[O-]. The van der Waals surface area contributed by atoms with E-state index in [1.165, 1.54) is 19.2 Å². The molecule has 0 aromatic heterocycles. The Hall–Kier alpha value is -1.83. The van der Waals surface area contributed by atoms with Crippen LogP contribution < -0.4 is 10.5 Å². The molecule has 0 saturated carbocycles. The third-order valence-electron chi connectivity index (χ3n) is 2.28. The minimum absolute atomic E-state index is 0.0250. The average molecular weight is 264 g/mol. The van der Waals surface area contributed by atoms with Gasteiger partial charge in [-0.1, -0.05) is 6.07 Å². The number of hydrogen-bond donors (Lipinski definition) is 1. The summed E-state index contributed by atoms with van der Waals surface area (Å²) < 4.78 is 41.2. The van der Waals surface area contributed by atoms with E-state index in [-0.39, 0.29) is 11.3 Å². The van der Waals surface area contributed by atoms with Crippen LogP contribution in [0.3, 0.4) is 0 Å². The molecule has 1 aromatic carbocycles. The van der Waals surface area contributed by atoms with Gasteiger partial charge in [0.1, 0.15) is 0 Å².